The van der Waals surface area contributed by atoms with Crippen LogP contribution in [0.25, 0.3) is 0 Å². The van der Waals surface area contributed by atoms with Crippen LogP contribution in [0, 0.1) is 0 Å². The molecular formula is C16H21NO3. The van der Waals surface area contributed by atoms with Crippen LogP contribution in [-0.2, 0) is 17.6 Å². The summed E-state index contributed by atoms with van der Waals surface area (Å²) in [6.45, 7) is 1.84. The number of hydrogen-bond acceptors (Lipinski definition) is 3. The number of aliphatic hydroxyl groups excluding tert-OH is 1. The molecule has 0 saturated carbocycles. The monoisotopic (exact) mass is 275 g/mol. The van der Waals surface area contributed by atoms with Crippen molar-refractivity contribution in [3.8, 4) is 0 Å². The van der Waals surface area contributed by atoms with Crippen LogP contribution in [0.5, 0.6) is 0 Å². The number of rotatable bonds is 6. The lowest BCUT2D eigenvalue weighted by atomic mass is 10.0. The molecule has 1 atom stereocenters. The third kappa shape index (κ3) is 3.90. The zero-order chi connectivity index (χ0) is 14.5. The van der Waals surface area contributed by atoms with Gasteiger partial charge in [0, 0.05) is 24.9 Å². The lowest BCUT2D eigenvalue weighted by Gasteiger charge is -2.07. The Hall–Kier alpha value is -1.68. The van der Waals surface area contributed by atoms with E-state index >= 15 is 0 Å². The molecule has 1 aromatic rings. The number of fused-ring (bicyclic) bond motifs is 1. The molecule has 0 aliphatic heterocycles. The number of carbonyl (C=O) groups is 2. The number of nitrogens with one attached hydrogen (secondary N) is 1. The smallest absolute Gasteiger partial charge is 0.220 e. The van der Waals surface area contributed by atoms with Crippen LogP contribution < -0.4 is 5.32 Å². The Bertz CT molecular complexity index is 508. The molecule has 0 bridgehead atoms. The van der Waals surface area contributed by atoms with Gasteiger partial charge in [0.05, 0.1) is 6.10 Å². The molecule has 1 aliphatic carbocycles. The van der Waals surface area contributed by atoms with E-state index in [0.29, 0.717) is 5.56 Å². The quantitative estimate of drug-likeness (QED) is 0.776. The van der Waals surface area contributed by atoms with Crippen LogP contribution in [0.3, 0.4) is 0 Å². The lowest BCUT2D eigenvalue weighted by Crippen LogP contribution is -2.30. The summed E-state index contributed by atoms with van der Waals surface area (Å²) in [5.41, 5.74) is 3.32. The second kappa shape index (κ2) is 6.66. The highest BCUT2D eigenvalue weighted by Crippen LogP contribution is 2.23. The Morgan fingerprint density at radius 2 is 2.00 bits per heavy atom. The van der Waals surface area contributed by atoms with Gasteiger partial charge in [0.15, 0.2) is 5.78 Å². The fourth-order valence-corrected chi connectivity index (χ4v) is 2.47. The molecule has 0 aromatic heterocycles. The van der Waals surface area contributed by atoms with E-state index in [1.807, 2.05) is 18.2 Å². The molecule has 2 rings (SSSR count). The van der Waals surface area contributed by atoms with Crippen LogP contribution in [-0.4, -0.2) is 29.4 Å². The predicted molar refractivity (Wildman–Crippen MR) is 76.7 cm³/mol. The first-order valence-corrected chi connectivity index (χ1v) is 7.16. The van der Waals surface area contributed by atoms with E-state index in [1.54, 1.807) is 6.92 Å². The van der Waals surface area contributed by atoms with Crippen molar-refractivity contribution in [3.63, 3.8) is 0 Å². The van der Waals surface area contributed by atoms with Gasteiger partial charge in [-0.25, -0.2) is 0 Å². The van der Waals surface area contributed by atoms with Gasteiger partial charge in [-0.3, -0.25) is 9.59 Å². The van der Waals surface area contributed by atoms with E-state index < -0.39 is 6.10 Å². The largest absolute Gasteiger partial charge is 0.392 e. The van der Waals surface area contributed by atoms with E-state index in [2.05, 4.69) is 5.32 Å². The summed E-state index contributed by atoms with van der Waals surface area (Å²) in [6.07, 6.45) is 3.13. The number of ketones is 1. The van der Waals surface area contributed by atoms with E-state index in [1.165, 1.54) is 11.1 Å². The van der Waals surface area contributed by atoms with Crippen molar-refractivity contribution in [2.45, 2.75) is 45.1 Å². The van der Waals surface area contributed by atoms with Gasteiger partial charge >= 0.3 is 0 Å². The Morgan fingerprint density at radius 1 is 1.25 bits per heavy atom. The summed E-state index contributed by atoms with van der Waals surface area (Å²) >= 11 is 0. The van der Waals surface area contributed by atoms with Crippen LogP contribution in [0.2, 0.25) is 0 Å². The standard InChI is InChI=1S/C16H21NO3/c1-11(18)10-17-16(20)8-7-15(19)14-6-5-12-3-2-4-13(12)9-14/h5-6,9,11,18H,2-4,7-8,10H2,1H3,(H,17,20). The minimum absolute atomic E-state index is 0.00639. The molecule has 0 heterocycles. The molecule has 0 spiro atoms. The Labute approximate surface area is 119 Å². The average Bonchev–Trinajstić information content (AvgIpc) is 2.89. The highest BCUT2D eigenvalue weighted by atomic mass is 16.3. The molecule has 4 nitrogen and oxygen atoms in total. The summed E-state index contributed by atoms with van der Waals surface area (Å²) < 4.78 is 0. The van der Waals surface area contributed by atoms with Gasteiger partial charge in [0.1, 0.15) is 0 Å². The Morgan fingerprint density at radius 3 is 2.75 bits per heavy atom. The molecule has 1 aliphatic rings. The zero-order valence-corrected chi connectivity index (χ0v) is 11.8. The van der Waals surface area contributed by atoms with Crippen molar-refractivity contribution in [3.05, 3.63) is 34.9 Å². The van der Waals surface area contributed by atoms with Gasteiger partial charge < -0.3 is 10.4 Å². The maximum atomic E-state index is 12.1. The van der Waals surface area contributed by atoms with Crippen molar-refractivity contribution < 1.29 is 14.7 Å². The Balaban J connectivity index is 1.84. The summed E-state index contributed by atoms with van der Waals surface area (Å²) in [5.74, 6) is -0.188. The highest BCUT2D eigenvalue weighted by molar-refractivity contribution is 5.98. The van der Waals surface area contributed by atoms with Crippen molar-refractivity contribution in [2.75, 3.05) is 6.54 Å². The first-order chi connectivity index (χ1) is 9.56. The van der Waals surface area contributed by atoms with Gasteiger partial charge in [-0.1, -0.05) is 12.1 Å². The van der Waals surface area contributed by atoms with E-state index in [9.17, 15) is 9.59 Å². The molecule has 1 unspecified atom stereocenters. The average molecular weight is 275 g/mol. The third-order valence-corrected chi connectivity index (χ3v) is 3.59. The van der Waals surface area contributed by atoms with E-state index in [0.717, 1.165) is 19.3 Å². The maximum absolute atomic E-state index is 12.1. The second-order valence-corrected chi connectivity index (χ2v) is 5.41. The minimum atomic E-state index is -0.564. The predicted octanol–water partition coefficient (Wildman–Crippen LogP) is 1.64. The summed E-state index contributed by atoms with van der Waals surface area (Å²) in [7, 11) is 0. The summed E-state index contributed by atoms with van der Waals surface area (Å²) in [5, 5.41) is 11.7. The molecule has 1 aromatic carbocycles. The first-order valence-electron chi connectivity index (χ1n) is 7.16. The normalized spacial score (nSPS) is 14.7. The van der Waals surface area contributed by atoms with Crippen LogP contribution in [0.4, 0.5) is 0 Å². The van der Waals surface area contributed by atoms with Crippen molar-refractivity contribution >= 4 is 11.7 Å². The number of hydrogen-bond donors (Lipinski definition) is 2. The summed E-state index contributed by atoms with van der Waals surface area (Å²) in [6, 6.07) is 5.86. The molecule has 1 amide bonds. The van der Waals surface area contributed by atoms with Gasteiger partial charge in [0.2, 0.25) is 5.91 Å². The van der Waals surface area contributed by atoms with Crippen molar-refractivity contribution in [1.29, 1.82) is 0 Å². The number of aryl methyl sites for hydroxylation is 2. The number of aliphatic hydroxyl groups is 1. The topological polar surface area (TPSA) is 66.4 Å². The molecule has 0 fully saturated rings. The molecule has 2 N–H and O–H groups in total. The lowest BCUT2D eigenvalue weighted by molar-refractivity contribution is -0.121. The zero-order valence-electron chi connectivity index (χ0n) is 11.8. The molecule has 0 saturated heterocycles. The number of benzene rings is 1. The van der Waals surface area contributed by atoms with E-state index in [4.69, 9.17) is 5.11 Å². The number of amides is 1. The molecule has 108 valence electrons. The fraction of sp³-hybridized carbons (Fsp3) is 0.500. The third-order valence-electron chi connectivity index (χ3n) is 3.59. The first kappa shape index (κ1) is 14.7. The second-order valence-electron chi connectivity index (χ2n) is 5.41. The SMILES string of the molecule is CC(O)CNC(=O)CCC(=O)c1ccc2c(c1)CCC2. The molecule has 20 heavy (non-hydrogen) atoms. The number of carbonyl (C=O) groups excluding carboxylic acids is 2. The maximum Gasteiger partial charge on any atom is 0.220 e. The van der Waals surface area contributed by atoms with Gasteiger partial charge in [0.25, 0.3) is 0 Å². The van der Waals surface area contributed by atoms with E-state index in [-0.39, 0.29) is 31.1 Å². The van der Waals surface area contributed by atoms with Gasteiger partial charge in [-0.2, -0.15) is 0 Å². The van der Waals surface area contributed by atoms with Gasteiger partial charge in [-0.15, -0.1) is 0 Å². The Kier molecular flexibility index (Phi) is 4.90. The van der Waals surface area contributed by atoms with Crippen molar-refractivity contribution in [2.24, 2.45) is 0 Å². The van der Waals surface area contributed by atoms with Crippen LogP contribution in [0.15, 0.2) is 18.2 Å². The summed E-state index contributed by atoms with van der Waals surface area (Å²) in [4.78, 5) is 23.6. The molecule has 4 heteroatoms. The number of Topliss-reactive ketones (excluding diaryl/α,β-unsaturated/α-hetero) is 1. The van der Waals surface area contributed by atoms with Crippen LogP contribution in [0.1, 0.15) is 47.7 Å². The fourth-order valence-electron chi connectivity index (χ4n) is 2.47. The van der Waals surface area contributed by atoms with Crippen molar-refractivity contribution in [1.82, 2.24) is 5.32 Å². The van der Waals surface area contributed by atoms with Crippen LogP contribution >= 0.6 is 0 Å². The molecular weight excluding hydrogens is 254 g/mol. The highest BCUT2D eigenvalue weighted by Gasteiger charge is 2.14. The van der Waals surface area contributed by atoms with Gasteiger partial charge in [-0.05, 0) is 43.4 Å². The molecule has 0 radical (unpaired) electrons. The minimum Gasteiger partial charge on any atom is -0.392 e.